The summed E-state index contributed by atoms with van der Waals surface area (Å²) in [5.74, 6) is 2.04. The Bertz CT molecular complexity index is 813. The summed E-state index contributed by atoms with van der Waals surface area (Å²) in [6.07, 6.45) is 1.61. The molecule has 1 amide bonds. The smallest absolute Gasteiger partial charge is 0.261 e. The molecule has 0 saturated heterocycles. The lowest BCUT2D eigenvalue weighted by atomic mass is 10.2. The van der Waals surface area contributed by atoms with Gasteiger partial charge in [-0.25, -0.2) is 0 Å². The number of nitrogens with zero attached hydrogens (tertiary/aromatic N) is 1. The first-order valence-corrected chi connectivity index (χ1v) is 8.94. The van der Waals surface area contributed by atoms with Crippen molar-refractivity contribution in [3.8, 4) is 11.5 Å². The van der Waals surface area contributed by atoms with Crippen LogP contribution in [0.3, 0.4) is 0 Å². The lowest BCUT2D eigenvalue weighted by Crippen LogP contribution is -2.34. The summed E-state index contributed by atoms with van der Waals surface area (Å²) in [5, 5.41) is 0. The van der Waals surface area contributed by atoms with E-state index in [1.54, 1.807) is 23.3 Å². The minimum absolute atomic E-state index is 0.0402. The van der Waals surface area contributed by atoms with E-state index in [-0.39, 0.29) is 12.5 Å². The van der Waals surface area contributed by atoms with Crippen molar-refractivity contribution in [3.05, 3.63) is 84.3 Å². The normalized spacial score (nSPS) is 10.4. The Labute approximate surface area is 159 Å². The maximum absolute atomic E-state index is 12.8. The Balaban J connectivity index is 1.62. The highest BCUT2D eigenvalue weighted by molar-refractivity contribution is 5.77. The summed E-state index contributed by atoms with van der Waals surface area (Å²) < 4.78 is 16.5. The number of hydrogen-bond donors (Lipinski definition) is 0. The molecule has 140 valence electrons. The van der Waals surface area contributed by atoms with Crippen molar-refractivity contribution in [1.29, 1.82) is 0 Å². The van der Waals surface area contributed by atoms with Crippen LogP contribution in [0.15, 0.2) is 77.4 Å². The molecule has 2 aromatic carbocycles. The topological polar surface area (TPSA) is 51.9 Å². The second-order valence-corrected chi connectivity index (χ2v) is 6.01. The summed E-state index contributed by atoms with van der Waals surface area (Å²) >= 11 is 0. The van der Waals surface area contributed by atoms with Crippen molar-refractivity contribution in [1.82, 2.24) is 4.90 Å². The standard InChI is InChI=1S/C22H23NO4/c1-2-25-19-10-12-20(13-11-19)27-17-22(24)23(16-21-9-6-14-26-21)15-18-7-4-3-5-8-18/h3-14H,2,15-17H2,1H3. The number of ether oxygens (including phenoxy) is 2. The average Bonchev–Trinajstić information content (AvgIpc) is 3.21. The van der Waals surface area contributed by atoms with Crippen molar-refractivity contribution in [2.24, 2.45) is 0 Å². The zero-order chi connectivity index (χ0) is 18.9. The molecule has 1 aromatic heterocycles. The van der Waals surface area contributed by atoms with Crippen LogP contribution in [-0.2, 0) is 17.9 Å². The lowest BCUT2D eigenvalue weighted by molar-refractivity contribution is -0.134. The fourth-order valence-corrected chi connectivity index (χ4v) is 2.66. The van der Waals surface area contributed by atoms with E-state index in [1.807, 2.05) is 61.5 Å². The molecule has 5 heteroatoms. The zero-order valence-corrected chi connectivity index (χ0v) is 15.3. The molecule has 0 aliphatic rings. The molecule has 0 saturated carbocycles. The lowest BCUT2D eigenvalue weighted by Gasteiger charge is -2.22. The van der Waals surface area contributed by atoms with E-state index in [0.29, 0.717) is 25.4 Å². The van der Waals surface area contributed by atoms with E-state index >= 15 is 0 Å². The van der Waals surface area contributed by atoms with Gasteiger partial charge in [0.25, 0.3) is 5.91 Å². The Morgan fingerprint density at radius 3 is 2.22 bits per heavy atom. The third kappa shape index (κ3) is 5.64. The summed E-state index contributed by atoms with van der Waals surface area (Å²) in [5.41, 5.74) is 1.05. The molecule has 0 radical (unpaired) electrons. The van der Waals surface area contributed by atoms with Crippen molar-refractivity contribution in [2.75, 3.05) is 13.2 Å². The van der Waals surface area contributed by atoms with E-state index in [1.165, 1.54) is 0 Å². The average molecular weight is 365 g/mol. The molecule has 3 rings (SSSR count). The van der Waals surface area contributed by atoms with E-state index in [0.717, 1.165) is 17.1 Å². The molecule has 0 N–H and O–H groups in total. The fraction of sp³-hybridized carbons (Fsp3) is 0.227. The second kappa shape index (κ2) is 9.48. The van der Waals surface area contributed by atoms with Crippen LogP contribution in [-0.4, -0.2) is 24.0 Å². The van der Waals surface area contributed by atoms with Gasteiger partial charge in [-0.3, -0.25) is 4.79 Å². The van der Waals surface area contributed by atoms with Crippen molar-refractivity contribution in [2.45, 2.75) is 20.0 Å². The number of benzene rings is 2. The molecule has 0 spiro atoms. The number of amides is 1. The second-order valence-electron chi connectivity index (χ2n) is 6.01. The van der Waals surface area contributed by atoms with Crippen LogP contribution >= 0.6 is 0 Å². The van der Waals surface area contributed by atoms with Crippen molar-refractivity contribution < 1.29 is 18.7 Å². The molecule has 0 bridgehead atoms. The molecule has 0 atom stereocenters. The number of carbonyl (C=O) groups is 1. The van der Waals surface area contributed by atoms with Gasteiger partial charge in [-0.1, -0.05) is 30.3 Å². The quantitative estimate of drug-likeness (QED) is 0.568. The Hall–Kier alpha value is -3.21. The van der Waals surface area contributed by atoms with E-state index < -0.39 is 0 Å². The maximum Gasteiger partial charge on any atom is 0.261 e. The molecule has 3 aromatic rings. The highest BCUT2D eigenvalue weighted by atomic mass is 16.5. The molecule has 27 heavy (non-hydrogen) atoms. The first-order chi connectivity index (χ1) is 13.2. The molecule has 0 unspecified atom stereocenters. The summed E-state index contributed by atoms with van der Waals surface area (Å²) in [4.78, 5) is 14.5. The molecule has 1 heterocycles. The van der Waals surface area contributed by atoms with Gasteiger partial charge in [0.2, 0.25) is 0 Å². The van der Waals surface area contributed by atoms with Crippen LogP contribution in [0.25, 0.3) is 0 Å². The van der Waals surface area contributed by atoms with Gasteiger partial charge in [-0.2, -0.15) is 0 Å². The van der Waals surface area contributed by atoms with Gasteiger partial charge < -0.3 is 18.8 Å². The van der Waals surface area contributed by atoms with Crippen LogP contribution in [0.2, 0.25) is 0 Å². The molecule has 0 aliphatic carbocycles. The van der Waals surface area contributed by atoms with Gasteiger partial charge in [0, 0.05) is 6.54 Å². The van der Waals surface area contributed by atoms with E-state index in [4.69, 9.17) is 13.9 Å². The predicted octanol–water partition coefficient (Wildman–Crippen LogP) is 4.29. The highest BCUT2D eigenvalue weighted by Gasteiger charge is 2.16. The molecule has 5 nitrogen and oxygen atoms in total. The number of hydrogen-bond acceptors (Lipinski definition) is 4. The molecular weight excluding hydrogens is 342 g/mol. The van der Waals surface area contributed by atoms with Gasteiger partial charge in [-0.15, -0.1) is 0 Å². The highest BCUT2D eigenvalue weighted by Crippen LogP contribution is 2.18. The Morgan fingerprint density at radius 1 is 0.889 bits per heavy atom. The molecule has 0 aliphatic heterocycles. The van der Waals surface area contributed by atoms with Crippen LogP contribution in [0.5, 0.6) is 11.5 Å². The molecule has 0 fully saturated rings. The largest absolute Gasteiger partial charge is 0.494 e. The van der Waals surface area contributed by atoms with Gasteiger partial charge >= 0.3 is 0 Å². The molecular formula is C22H23NO4. The first kappa shape index (κ1) is 18.6. The minimum Gasteiger partial charge on any atom is -0.494 e. The Kier molecular flexibility index (Phi) is 6.52. The van der Waals surface area contributed by atoms with Crippen LogP contribution in [0, 0.1) is 0 Å². The van der Waals surface area contributed by atoms with Gasteiger partial charge in [0.15, 0.2) is 6.61 Å². The van der Waals surface area contributed by atoms with Crippen LogP contribution in [0.4, 0.5) is 0 Å². The van der Waals surface area contributed by atoms with E-state index in [2.05, 4.69) is 0 Å². The SMILES string of the molecule is CCOc1ccc(OCC(=O)N(Cc2ccccc2)Cc2ccco2)cc1. The third-order valence-electron chi connectivity index (χ3n) is 3.99. The number of furan rings is 1. The summed E-state index contributed by atoms with van der Waals surface area (Å²) in [7, 11) is 0. The van der Waals surface area contributed by atoms with Crippen LogP contribution < -0.4 is 9.47 Å². The predicted molar refractivity (Wildman–Crippen MR) is 103 cm³/mol. The Morgan fingerprint density at radius 2 is 1.59 bits per heavy atom. The minimum atomic E-state index is -0.107. The monoisotopic (exact) mass is 365 g/mol. The van der Waals surface area contributed by atoms with Crippen molar-refractivity contribution in [3.63, 3.8) is 0 Å². The van der Waals surface area contributed by atoms with Crippen molar-refractivity contribution >= 4 is 5.91 Å². The fourth-order valence-electron chi connectivity index (χ4n) is 2.66. The number of rotatable bonds is 9. The zero-order valence-electron chi connectivity index (χ0n) is 15.3. The number of carbonyl (C=O) groups excluding carboxylic acids is 1. The maximum atomic E-state index is 12.8. The van der Waals surface area contributed by atoms with Gasteiger partial charge in [0.05, 0.1) is 19.4 Å². The summed E-state index contributed by atoms with van der Waals surface area (Å²) in [6.45, 7) is 3.39. The third-order valence-corrected chi connectivity index (χ3v) is 3.99. The van der Waals surface area contributed by atoms with E-state index in [9.17, 15) is 4.79 Å². The summed E-state index contributed by atoms with van der Waals surface area (Å²) in [6, 6.07) is 20.8. The first-order valence-electron chi connectivity index (χ1n) is 8.94. The van der Waals surface area contributed by atoms with Crippen LogP contribution in [0.1, 0.15) is 18.2 Å². The van der Waals surface area contributed by atoms with Gasteiger partial charge in [-0.05, 0) is 48.9 Å². The van der Waals surface area contributed by atoms with Gasteiger partial charge in [0.1, 0.15) is 17.3 Å².